The van der Waals surface area contributed by atoms with E-state index in [1.807, 2.05) is 0 Å². The molecule has 1 aromatic carbocycles. The topological polar surface area (TPSA) is 26.3 Å². The average molecular weight is 215 g/mol. The molecule has 0 aliphatic carbocycles. The fraction of sp³-hybridized carbons (Fsp3) is 0.100. The summed E-state index contributed by atoms with van der Waals surface area (Å²) in [5, 5.41) is -0.639. The van der Waals surface area contributed by atoms with Crippen LogP contribution in [0.3, 0.4) is 0 Å². The van der Waals surface area contributed by atoms with Crippen molar-refractivity contribution in [2.45, 2.75) is 0 Å². The molecule has 0 aliphatic heterocycles. The molecule has 4 heteroatoms. The summed E-state index contributed by atoms with van der Waals surface area (Å²) in [5.74, 6) is -0.0321. The van der Waals surface area contributed by atoms with Gasteiger partial charge in [0.15, 0.2) is 0 Å². The van der Waals surface area contributed by atoms with Gasteiger partial charge in [0.25, 0.3) is 0 Å². The van der Waals surface area contributed by atoms with Crippen LogP contribution in [0.4, 0.5) is 4.39 Å². The van der Waals surface area contributed by atoms with Crippen molar-refractivity contribution in [1.82, 2.24) is 0 Å². The maximum absolute atomic E-state index is 13.2. The molecule has 0 saturated carbocycles. The third-order valence-corrected chi connectivity index (χ3v) is 1.73. The Labute approximate surface area is 85.9 Å². The first-order valence-electron chi connectivity index (χ1n) is 3.84. The van der Waals surface area contributed by atoms with Crippen molar-refractivity contribution in [1.29, 1.82) is 0 Å². The number of hydrogen-bond donors (Lipinski definition) is 0. The Morgan fingerprint density at radius 3 is 2.79 bits per heavy atom. The molecule has 74 valence electrons. The van der Waals surface area contributed by atoms with Crippen LogP contribution >= 0.6 is 11.6 Å². The molecule has 0 heterocycles. The van der Waals surface area contributed by atoms with Crippen molar-refractivity contribution in [3.8, 4) is 5.75 Å². The van der Waals surface area contributed by atoms with Crippen LogP contribution in [0, 0.1) is 5.82 Å². The maximum atomic E-state index is 13.2. The van der Waals surface area contributed by atoms with E-state index in [4.69, 9.17) is 16.3 Å². The lowest BCUT2D eigenvalue weighted by atomic mass is 10.2. The lowest BCUT2D eigenvalue weighted by Crippen LogP contribution is -1.87. The van der Waals surface area contributed by atoms with Crippen molar-refractivity contribution in [3.63, 3.8) is 0 Å². The quantitative estimate of drug-likeness (QED) is 0.571. The normalized spacial score (nSPS) is 10.5. The van der Waals surface area contributed by atoms with Gasteiger partial charge in [-0.1, -0.05) is 0 Å². The van der Waals surface area contributed by atoms with Crippen LogP contribution in [-0.4, -0.2) is 12.4 Å². The van der Waals surface area contributed by atoms with Crippen LogP contribution < -0.4 is 4.74 Å². The zero-order valence-corrected chi connectivity index (χ0v) is 8.22. The summed E-state index contributed by atoms with van der Waals surface area (Å²) >= 11 is 5.07. The largest absolute Gasteiger partial charge is 0.497 e. The van der Waals surface area contributed by atoms with Gasteiger partial charge in [-0.05, 0) is 35.9 Å². The number of hydrogen-bond acceptors (Lipinski definition) is 2. The Morgan fingerprint density at radius 2 is 2.29 bits per heavy atom. The molecule has 0 fully saturated rings. The third kappa shape index (κ3) is 2.85. The fourth-order valence-electron chi connectivity index (χ4n) is 0.925. The number of ether oxygens (including phenoxy) is 1. The molecule has 0 aliphatic rings. The number of allylic oxidation sites excluding steroid dienone is 1. The standard InChI is InChI=1S/C10H8ClFO2/c1-14-8-4-2-7(9(12)6-8)3-5-10(11)13/h2-6H,1H3/b5-3+. The predicted molar refractivity (Wildman–Crippen MR) is 52.8 cm³/mol. The second kappa shape index (κ2) is 4.77. The van der Waals surface area contributed by atoms with Gasteiger partial charge in [0.05, 0.1) is 7.11 Å². The highest BCUT2D eigenvalue weighted by Crippen LogP contribution is 2.17. The van der Waals surface area contributed by atoms with Crippen LogP contribution in [0.15, 0.2) is 24.3 Å². The Kier molecular flexibility index (Phi) is 3.65. The number of benzene rings is 1. The molecule has 1 aromatic rings. The minimum Gasteiger partial charge on any atom is -0.497 e. The van der Waals surface area contributed by atoms with E-state index in [1.165, 1.54) is 25.3 Å². The highest BCUT2D eigenvalue weighted by Gasteiger charge is 2.00. The van der Waals surface area contributed by atoms with Gasteiger partial charge in [-0.25, -0.2) is 4.39 Å². The van der Waals surface area contributed by atoms with Crippen LogP contribution in [0.5, 0.6) is 5.75 Å². The summed E-state index contributed by atoms with van der Waals surface area (Å²) in [6.07, 6.45) is 2.40. The monoisotopic (exact) mass is 214 g/mol. The van der Waals surface area contributed by atoms with E-state index < -0.39 is 11.1 Å². The lowest BCUT2D eigenvalue weighted by molar-refractivity contribution is -0.107. The first kappa shape index (κ1) is 10.7. The SMILES string of the molecule is COc1ccc(/C=C/C(=O)Cl)c(F)c1. The molecule has 0 aromatic heterocycles. The second-order valence-corrected chi connectivity index (χ2v) is 2.90. The first-order chi connectivity index (χ1) is 6.63. The van der Waals surface area contributed by atoms with E-state index in [2.05, 4.69) is 0 Å². The number of rotatable bonds is 3. The number of carbonyl (C=O) groups excluding carboxylic acids is 1. The summed E-state index contributed by atoms with van der Waals surface area (Å²) in [6.45, 7) is 0. The Hall–Kier alpha value is -1.35. The summed E-state index contributed by atoms with van der Waals surface area (Å²) in [7, 11) is 1.45. The molecule has 0 spiro atoms. The van der Waals surface area contributed by atoms with Gasteiger partial charge in [0, 0.05) is 11.6 Å². The van der Waals surface area contributed by atoms with Crippen LogP contribution in [-0.2, 0) is 4.79 Å². The molecule has 0 saturated heterocycles. The molecule has 0 amide bonds. The Morgan fingerprint density at radius 1 is 1.57 bits per heavy atom. The van der Waals surface area contributed by atoms with Gasteiger partial charge in [0.2, 0.25) is 5.24 Å². The molecule has 2 nitrogen and oxygen atoms in total. The maximum Gasteiger partial charge on any atom is 0.245 e. The highest BCUT2D eigenvalue weighted by atomic mass is 35.5. The summed E-state index contributed by atoms with van der Waals surface area (Å²) in [5.41, 5.74) is 0.291. The zero-order valence-electron chi connectivity index (χ0n) is 7.46. The van der Waals surface area contributed by atoms with Crippen LogP contribution in [0.25, 0.3) is 6.08 Å². The molecular weight excluding hydrogens is 207 g/mol. The minimum atomic E-state index is -0.639. The number of carbonyl (C=O) groups is 1. The van der Waals surface area contributed by atoms with Gasteiger partial charge in [0.1, 0.15) is 11.6 Å². The highest BCUT2D eigenvalue weighted by molar-refractivity contribution is 6.66. The van der Waals surface area contributed by atoms with Crippen molar-refractivity contribution >= 4 is 22.9 Å². The van der Waals surface area contributed by atoms with Crippen molar-refractivity contribution in [2.75, 3.05) is 7.11 Å². The van der Waals surface area contributed by atoms with Crippen molar-refractivity contribution in [2.24, 2.45) is 0 Å². The zero-order chi connectivity index (χ0) is 10.6. The van der Waals surface area contributed by atoms with E-state index in [0.717, 1.165) is 6.08 Å². The third-order valence-electron chi connectivity index (χ3n) is 1.60. The molecular formula is C10H8ClFO2. The molecule has 1 rings (SSSR count). The van der Waals surface area contributed by atoms with Gasteiger partial charge in [-0.2, -0.15) is 0 Å². The van der Waals surface area contributed by atoms with Crippen LogP contribution in [0.2, 0.25) is 0 Å². The molecule has 0 N–H and O–H groups in total. The lowest BCUT2D eigenvalue weighted by Gasteiger charge is -2.00. The number of methoxy groups -OCH3 is 1. The van der Waals surface area contributed by atoms with E-state index >= 15 is 0 Å². The van der Waals surface area contributed by atoms with Gasteiger partial charge >= 0.3 is 0 Å². The molecule has 0 unspecified atom stereocenters. The van der Waals surface area contributed by atoms with Crippen molar-refractivity contribution < 1.29 is 13.9 Å². The van der Waals surface area contributed by atoms with E-state index in [0.29, 0.717) is 11.3 Å². The second-order valence-electron chi connectivity index (χ2n) is 2.52. The van der Waals surface area contributed by atoms with E-state index in [9.17, 15) is 9.18 Å². The van der Waals surface area contributed by atoms with Gasteiger partial charge < -0.3 is 4.74 Å². The smallest absolute Gasteiger partial charge is 0.245 e. The van der Waals surface area contributed by atoms with Crippen LogP contribution in [0.1, 0.15) is 5.56 Å². The predicted octanol–water partition coefficient (Wildman–Crippen LogP) is 2.61. The number of halogens is 2. The minimum absolute atomic E-state index is 0.291. The van der Waals surface area contributed by atoms with Gasteiger partial charge in [-0.3, -0.25) is 4.79 Å². The van der Waals surface area contributed by atoms with E-state index in [1.54, 1.807) is 6.07 Å². The van der Waals surface area contributed by atoms with Gasteiger partial charge in [-0.15, -0.1) is 0 Å². The first-order valence-corrected chi connectivity index (χ1v) is 4.22. The summed E-state index contributed by atoms with van der Waals surface area (Å²) < 4.78 is 18.0. The average Bonchev–Trinajstić information content (AvgIpc) is 2.15. The van der Waals surface area contributed by atoms with E-state index in [-0.39, 0.29) is 0 Å². The summed E-state index contributed by atoms with van der Waals surface area (Å²) in [4.78, 5) is 10.4. The Balaban J connectivity index is 2.94. The molecule has 0 atom stereocenters. The fourth-order valence-corrected chi connectivity index (χ4v) is 0.988. The molecule has 0 bridgehead atoms. The molecule has 0 radical (unpaired) electrons. The molecule has 14 heavy (non-hydrogen) atoms. The summed E-state index contributed by atoms with van der Waals surface area (Å²) in [6, 6.07) is 4.34. The van der Waals surface area contributed by atoms with Crippen molar-refractivity contribution in [3.05, 3.63) is 35.7 Å². The Bertz CT molecular complexity index is 374.